The van der Waals surface area contributed by atoms with Gasteiger partial charge in [-0.3, -0.25) is 9.79 Å². The van der Waals surface area contributed by atoms with Gasteiger partial charge in [0.2, 0.25) is 0 Å². The standard InChI is InChI=1S/C9H17N3O/c1-5-8(12(3)4)9(13)6-11-7(2)10/h5H,6H2,1-4H3,(H2,10,11)/b8-5+. The number of likely N-dealkylation sites (N-methyl/N-ethyl adjacent to an activating group) is 1. The molecule has 0 aromatic rings. The average molecular weight is 183 g/mol. The molecule has 13 heavy (non-hydrogen) atoms. The third kappa shape index (κ3) is 4.30. The third-order valence-corrected chi connectivity index (χ3v) is 1.51. The summed E-state index contributed by atoms with van der Waals surface area (Å²) in [5.74, 6) is 0.417. The van der Waals surface area contributed by atoms with Crippen LogP contribution in [-0.4, -0.2) is 37.2 Å². The highest BCUT2D eigenvalue weighted by atomic mass is 16.1. The Bertz CT molecular complexity index is 237. The molecular formula is C9H17N3O. The molecular weight excluding hydrogens is 166 g/mol. The number of hydrogen-bond acceptors (Lipinski definition) is 3. The Morgan fingerprint density at radius 1 is 1.54 bits per heavy atom. The van der Waals surface area contributed by atoms with Crippen LogP contribution in [0.25, 0.3) is 0 Å². The van der Waals surface area contributed by atoms with E-state index < -0.39 is 0 Å². The van der Waals surface area contributed by atoms with Gasteiger partial charge in [0.15, 0.2) is 5.78 Å². The van der Waals surface area contributed by atoms with Gasteiger partial charge in [-0.25, -0.2) is 0 Å². The molecule has 4 nitrogen and oxygen atoms in total. The van der Waals surface area contributed by atoms with E-state index in [4.69, 9.17) is 5.73 Å². The van der Waals surface area contributed by atoms with Crippen LogP contribution in [0.4, 0.5) is 0 Å². The number of carbonyl (C=O) groups is 1. The fraction of sp³-hybridized carbons (Fsp3) is 0.556. The van der Waals surface area contributed by atoms with Crippen molar-refractivity contribution in [3.63, 3.8) is 0 Å². The Morgan fingerprint density at radius 2 is 2.08 bits per heavy atom. The van der Waals surface area contributed by atoms with Crippen molar-refractivity contribution in [2.75, 3.05) is 20.6 Å². The number of Topliss-reactive ketones (excluding diaryl/α,β-unsaturated/α-hetero) is 1. The van der Waals surface area contributed by atoms with Gasteiger partial charge in [-0.2, -0.15) is 0 Å². The molecule has 0 unspecified atom stereocenters. The van der Waals surface area contributed by atoms with Crippen molar-refractivity contribution in [1.82, 2.24) is 4.90 Å². The summed E-state index contributed by atoms with van der Waals surface area (Å²) in [5.41, 5.74) is 5.98. The summed E-state index contributed by atoms with van der Waals surface area (Å²) in [7, 11) is 3.65. The van der Waals surface area contributed by atoms with Gasteiger partial charge < -0.3 is 10.6 Å². The fourth-order valence-electron chi connectivity index (χ4n) is 0.946. The molecule has 0 amide bonds. The zero-order chi connectivity index (χ0) is 10.4. The summed E-state index contributed by atoms with van der Waals surface area (Å²) in [6.45, 7) is 3.62. The lowest BCUT2D eigenvalue weighted by molar-refractivity contribution is -0.115. The molecule has 2 N–H and O–H groups in total. The minimum atomic E-state index is -0.0164. The van der Waals surface area contributed by atoms with Crippen molar-refractivity contribution in [2.24, 2.45) is 10.7 Å². The molecule has 0 aromatic heterocycles. The molecule has 0 aromatic carbocycles. The van der Waals surface area contributed by atoms with Gasteiger partial charge in [-0.05, 0) is 13.8 Å². The van der Waals surface area contributed by atoms with E-state index in [0.717, 1.165) is 0 Å². The van der Waals surface area contributed by atoms with Gasteiger partial charge in [0, 0.05) is 14.1 Å². The molecule has 0 radical (unpaired) electrons. The molecule has 0 saturated carbocycles. The smallest absolute Gasteiger partial charge is 0.199 e. The van der Waals surface area contributed by atoms with Crippen LogP contribution in [0.3, 0.4) is 0 Å². The molecule has 0 atom stereocenters. The number of nitrogens with zero attached hydrogens (tertiary/aromatic N) is 2. The average Bonchev–Trinajstić information content (AvgIpc) is 2.01. The van der Waals surface area contributed by atoms with Crippen molar-refractivity contribution >= 4 is 11.6 Å². The zero-order valence-electron chi connectivity index (χ0n) is 8.66. The highest BCUT2D eigenvalue weighted by molar-refractivity contribution is 5.97. The van der Waals surface area contributed by atoms with Gasteiger partial charge >= 0.3 is 0 Å². The van der Waals surface area contributed by atoms with Crippen LogP contribution in [0.5, 0.6) is 0 Å². The van der Waals surface area contributed by atoms with Gasteiger partial charge in [-0.1, -0.05) is 6.08 Å². The van der Waals surface area contributed by atoms with Crippen LogP contribution in [-0.2, 0) is 4.79 Å². The van der Waals surface area contributed by atoms with Crippen molar-refractivity contribution in [3.05, 3.63) is 11.8 Å². The summed E-state index contributed by atoms with van der Waals surface area (Å²) in [6.07, 6.45) is 1.77. The Labute approximate surface area is 79.1 Å². The number of hydrogen-bond donors (Lipinski definition) is 1. The second kappa shape index (κ2) is 5.35. The lowest BCUT2D eigenvalue weighted by atomic mass is 10.2. The number of ketones is 1. The largest absolute Gasteiger partial charge is 0.388 e. The number of nitrogens with two attached hydrogens (primary N) is 1. The SMILES string of the molecule is C/C=C(\C(=O)C/N=C(/C)N)N(C)C. The molecule has 0 aliphatic carbocycles. The van der Waals surface area contributed by atoms with Crippen molar-refractivity contribution in [1.29, 1.82) is 0 Å². The quantitative estimate of drug-likeness (QED) is 0.390. The summed E-state index contributed by atoms with van der Waals surface area (Å²) in [4.78, 5) is 17.1. The second-order valence-corrected chi connectivity index (χ2v) is 2.95. The van der Waals surface area contributed by atoms with Crippen LogP contribution in [0.15, 0.2) is 16.8 Å². The molecule has 0 aliphatic heterocycles. The first-order valence-corrected chi connectivity index (χ1v) is 4.12. The lowest BCUT2D eigenvalue weighted by Crippen LogP contribution is -2.22. The monoisotopic (exact) mass is 183 g/mol. The van der Waals surface area contributed by atoms with Gasteiger partial charge in [-0.15, -0.1) is 0 Å². The van der Waals surface area contributed by atoms with E-state index in [1.54, 1.807) is 17.9 Å². The molecule has 4 heteroatoms. The lowest BCUT2D eigenvalue weighted by Gasteiger charge is -2.14. The Hall–Kier alpha value is -1.32. The summed E-state index contributed by atoms with van der Waals surface area (Å²) < 4.78 is 0. The van der Waals surface area contributed by atoms with Gasteiger partial charge in [0.25, 0.3) is 0 Å². The van der Waals surface area contributed by atoms with Crippen LogP contribution in [0.2, 0.25) is 0 Å². The topological polar surface area (TPSA) is 58.7 Å². The number of carbonyl (C=O) groups excluding carboxylic acids is 1. The van der Waals surface area contributed by atoms with Crippen molar-refractivity contribution in [3.8, 4) is 0 Å². The summed E-state index contributed by atoms with van der Waals surface area (Å²) in [6, 6.07) is 0. The van der Waals surface area contributed by atoms with E-state index in [1.165, 1.54) is 0 Å². The van der Waals surface area contributed by atoms with Gasteiger partial charge in [0.05, 0.1) is 11.5 Å². The predicted octanol–water partition coefficient (Wildman–Crippen LogP) is 0.398. The summed E-state index contributed by atoms with van der Waals surface area (Å²) >= 11 is 0. The molecule has 74 valence electrons. The van der Waals surface area contributed by atoms with Crippen LogP contribution < -0.4 is 5.73 Å². The Morgan fingerprint density at radius 3 is 2.38 bits per heavy atom. The molecule has 0 rings (SSSR count). The molecule has 0 aliphatic rings. The normalized spacial score (nSPS) is 12.9. The summed E-state index contributed by atoms with van der Waals surface area (Å²) in [5, 5.41) is 0. The van der Waals surface area contributed by atoms with Crippen LogP contribution in [0, 0.1) is 0 Å². The van der Waals surface area contributed by atoms with E-state index in [9.17, 15) is 4.79 Å². The van der Waals surface area contributed by atoms with Crippen molar-refractivity contribution < 1.29 is 4.79 Å². The van der Waals surface area contributed by atoms with Crippen LogP contribution in [0.1, 0.15) is 13.8 Å². The molecule has 0 fully saturated rings. The number of aliphatic imine (C=N–C) groups is 1. The zero-order valence-corrected chi connectivity index (χ0v) is 8.66. The maximum atomic E-state index is 11.4. The number of rotatable bonds is 4. The molecule has 0 heterocycles. The first-order valence-electron chi connectivity index (χ1n) is 4.12. The van der Waals surface area contributed by atoms with Crippen LogP contribution >= 0.6 is 0 Å². The molecule has 0 bridgehead atoms. The first-order chi connectivity index (χ1) is 5.99. The number of allylic oxidation sites excluding steroid dienone is 1. The predicted molar refractivity (Wildman–Crippen MR) is 54.6 cm³/mol. The first kappa shape index (κ1) is 11.7. The second-order valence-electron chi connectivity index (χ2n) is 2.95. The Kier molecular flexibility index (Phi) is 4.80. The third-order valence-electron chi connectivity index (χ3n) is 1.51. The number of amidine groups is 1. The highest BCUT2D eigenvalue weighted by Crippen LogP contribution is 2.00. The Balaban J connectivity index is 4.34. The highest BCUT2D eigenvalue weighted by Gasteiger charge is 2.08. The minimum absolute atomic E-state index is 0.0164. The molecule has 0 saturated heterocycles. The fourth-order valence-corrected chi connectivity index (χ4v) is 0.946. The van der Waals surface area contributed by atoms with E-state index >= 15 is 0 Å². The maximum Gasteiger partial charge on any atom is 0.199 e. The van der Waals surface area contributed by atoms with E-state index in [0.29, 0.717) is 11.5 Å². The van der Waals surface area contributed by atoms with E-state index in [2.05, 4.69) is 4.99 Å². The van der Waals surface area contributed by atoms with Gasteiger partial charge in [0.1, 0.15) is 6.54 Å². The minimum Gasteiger partial charge on any atom is -0.388 e. The maximum absolute atomic E-state index is 11.4. The van der Waals surface area contributed by atoms with E-state index in [-0.39, 0.29) is 12.3 Å². The van der Waals surface area contributed by atoms with E-state index in [1.807, 2.05) is 21.0 Å². The van der Waals surface area contributed by atoms with Crippen molar-refractivity contribution in [2.45, 2.75) is 13.8 Å². The molecule has 0 spiro atoms.